The molecule has 6 heterocycles. The summed E-state index contributed by atoms with van der Waals surface area (Å²) in [5.74, 6) is 2.11. The molecule has 5 aromatic rings. The Labute approximate surface area is 333 Å². The number of benzene rings is 2. The van der Waals surface area contributed by atoms with Gasteiger partial charge in [0.05, 0.1) is 38.2 Å². The summed E-state index contributed by atoms with van der Waals surface area (Å²) >= 11 is 7.89. The van der Waals surface area contributed by atoms with Crippen molar-refractivity contribution < 1.29 is 19.1 Å². The van der Waals surface area contributed by atoms with Crippen LogP contribution in [0.4, 0.5) is 11.5 Å². The van der Waals surface area contributed by atoms with Crippen molar-refractivity contribution in [2.45, 2.75) is 46.1 Å². The molecular weight excluding hydrogens is 750 g/mol. The van der Waals surface area contributed by atoms with Gasteiger partial charge in [-0.3, -0.25) is 23.9 Å². The van der Waals surface area contributed by atoms with Crippen molar-refractivity contribution in [3.05, 3.63) is 105 Å². The summed E-state index contributed by atoms with van der Waals surface area (Å²) in [6.07, 6.45) is 2.61. The Kier molecular flexibility index (Phi) is 10.7. The maximum atomic E-state index is 13.3. The van der Waals surface area contributed by atoms with E-state index in [0.717, 1.165) is 61.4 Å². The van der Waals surface area contributed by atoms with Crippen LogP contribution in [0.1, 0.15) is 57.7 Å². The Morgan fingerprint density at radius 1 is 0.964 bits per heavy atom. The Balaban J connectivity index is 0.793. The van der Waals surface area contributed by atoms with E-state index in [1.165, 1.54) is 4.88 Å². The van der Waals surface area contributed by atoms with Crippen molar-refractivity contribution in [2.75, 3.05) is 56.2 Å². The van der Waals surface area contributed by atoms with E-state index in [1.54, 1.807) is 11.3 Å². The molecule has 56 heavy (non-hydrogen) atoms. The number of nitrogens with zero attached hydrogens (tertiary/aromatic N) is 7. The van der Waals surface area contributed by atoms with Crippen molar-refractivity contribution in [3.63, 3.8) is 0 Å². The molecule has 15 heteroatoms. The quantitative estimate of drug-likeness (QED) is 0.164. The van der Waals surface area contributed by atoms with Gasteiger partial charge >= 0.3 is 0 Å². The number of aromatic nitrogens is 4. The van der Waals surface area contributed by atoms with Crippen molar-refractivity contribution >= 4 is 57.9 Å². The van der Waals surface area contributed by atoms with Crippen LogP contribution in [0.25, 0.3) is 16.1 Å². The summed E-state index contributed by atoms with van der Waals surface area (Å²) < 4.78 is 7.78. The minimum Gasteiger partial charge on any atom is -0.379 e. The second kappa shape index (κ2) is 16.0. The molecule has 3 aliphatic heterocycles. The van der Waals surface area contributed by atoms with E-state index in [2.05, 4.69) is 39.6 Å². The first kappa shape index (κ1) is 37.5. The molecule has 2 aromatic carbocycles. The lowest BCUT2D eigenvalue weighted by molar-refractivity contribution is -0.132. The number of fused-ring (bicyclic) bond motifs is 4. The average molecular weight is 792 g/mol. The van der Waals surface area contributed by atoms with Crippen LogP contribution >= 0.6 is 22.9 Å². The molecule has 1 saturated heterocycles. The number of piperazine rings is 1. The number of hydrogen-bond acceptors (Lipinski definition) is 10. The number of nitrogens with one attached hydrogen (secondary N) is 2. The number of amides is 3. The van der Waals surface area contributed by atoms with E-state index >= 15 is 0 Å². The minimum atomic E-state index is -0.558. The number of carbonyl (C=O) groups excluding carboxylic acids is 3. The van der Waals surface area contributed by atoms with Gasteiger partial charge in [-0.05, 0) is 73.9 Å². The van der Waals surface area contributed by atoms with Crippen LogP contribution in [0.5, 0.6) is 0 Å². The normalized spacial score (nSPS) is 16.1. The molecule has 0 saturated carbocycles. The van der Waals surface area contributed by atoms with Gasteiger partial charge in [0.1, 0.15) is 22.7 Å². The highest BCUT2D eigenvalue weighted by Gasteiger charge is 2.32. The largest absolute Gasteiger partial charge is 0.379 e. The number of anilines is 2. The van der Waals surface area contributed by atoms with Crippen molar-refractivity contribution in [1.29, 1.82) is 0 Å². The number of hydrogen-bond donors (Lipinski definition) is 2. The third-order valence-electron chi connectivity index (χ3n) is 10.5. The fraction of sp³-hybridized carbons (Fsp3) is 0.341. The Bertz CT molecular complexity index is 2330. The lowest BCUT2D eigenvalue weighted by Gasteiger charge is -2.35. The van der Waals surface area contributed by atoms with Gasteiger partial charge in [-0.15, -0.1) is 21.5 Å². The summed E-state index contributed by atoms with van der Waals surface area (Å²) in [6.45, 7) is 9.54. The molecule has 1 fully saturated rings. The number of thiophene rings is 1. The summed E-state index contributed by atoms with van der Waals surface area (Å²) in [4.78, 5) is 53.1. The third kappa shape index (κ3) is 7.68. The molecule has 0 radical (unpaired) electrons. The molecule has 3 aromatic heterocycles. The predicted octanol–water partition coefficient (Wildman–Crippen LogP) is 5.62. The minimum absolute atomic E-state index is 0.0190. The van der Waals surface area contributed by atoms with E-state index in [1.807, 2.05) is 77.2 Å². The molecule has 3 amide bonds. The highest BCUT2D eigenvalue weighted by molar-refractivity contribution is 7.15. The van der Waals surface area contributed by atoms with Gasteiger partial charge in [0, 0.05) is 71.2 Å². The van der Waals surface area contributed by atoms with Gasteiger partial charge in [0.25, 0.3) is 0 Å². The standard InChI is InChI=1S/C41H42ClN9O4S/c1-24-25(2)56-41-38(24)39(27-4-8-31(42)9-5-27)46-33(40-48-47-26(3)51(40)41)22-35(52)43-13-19-55-18-12-37(54)50-16-14-49(15-17-50)34-11-7-29(23-44-34)28-6-10-32-30(20-28)21-36(53)45-32/h4-11,20,23,33H,12-19,21-22H2,1-3H3,(H,43,52)(H,45,53)/t33-/m0/s1. The summed E-state index contributed by atoms with van der Waals surface area (Å²) in [7, 11) is 0. The Morgan fingerprint density at radius 2 is 1.73 bits per heavy atom. The maximum absolute atomic E-state index is 13.3. The number of rotatable bonds is 11. The zero-order valence-electron chi connectivity index (χ0n) is 31.5. The second-order valence-corrected chi connectivity index (χ2v) is 15.8. The van der Waals surface area contributed by atoms with E-state index in [-0.39, 0.29) is 43.8 Å². The van der Waals surface area contributed by atoms with Crippen LogP contribution in [0.2, 0.25) is 5.02 Å². The van der Waals surface area contributed by atoms with Crippen LogP contribution in [0.3, 0.4) is 0 Å². The number of carbonyl (C=O) groups is 3. The molecule has 0 aliphatic carbocycles. The number of aryl methyl sites for hydroxylation is 2. The molecule has 0 spiro atoms. The molecule has 288 valence electrons. The van der Waals surface area contributed by atoms with Gasteiger partial charge in [-0.2, -0.15) is 0 Å². The van der Waals surface area contributed by atoms with Crippen molar-refractivity contribution in [2.24, 2.45) is 4.99 Å². The van der Waals surface area contributed by atoms with Gasteiger partial charge in [-0.25, -0.2) is 4.98 Å². The smallest absolute Gasteiger partial charge is 0.228 e. The second-order valence-electron chi connectivity index (χ2n) is 14.2. The number of halogens is 1. The maximum Gasteiger partial charge on any atom is 0.228 e. The fourth-order valence-electron chi connectivity index (χ4n) is 7.40. The SMILES string of the molecule is Cc1sc2c(c1C)C(c1ccc(Cl)cc1)=N[C@@H](CC(=O)NCCOCCC(=O)N1CCN(c3ccc(-c4ccc5c(c4)CC(=O)N5)cn3)CC1)c1nnc(C)n1-2. The first-order chi connectivity index (χ1) is 27.1. The zero-order chi connectivity index (χ0) is 38.9. The topological polar surface area (TPSA) is 147 Å². The summed E-state index contributed by atoms with van der Waals surface area (Å²) in [5.41, 5.74) is 7.75. The molecule has 13 nitrogen and oxygen atoms in total. The first-order valence-corrected chi connectivity index (χ1v) is 19.9. The average Bonchev–Trinajstić information content (AvgIpc) is 3.84. The van der Waals surface area contributed by atoms with Crippen molar-refractivity contribution in [3.8, 4) is 16.1 Å². The van der Waals surface area contributed by atoms with Crippen LogP contribution < -0.4 is 15.5 Å². The molecule has 2 N–H and O–H groups in total. The Morgan fingerprint density at radius 3 is 2.50 bits per heavy atom. The van der Waals surface area contributed by atoms with Crippen molar-refractivity contribution in [1.82, 2.24) is 30.0 Å². The molecule has 8 rings (SSSR count). The highest BCUT2D eigenvalue weighted by atomic mass is 35.5. The lowest BCUT2D eigenvalue weighted by Crippen LogP contribution is -2.49. The van der Waals surface area contributed by atoms with E-state index in [4.69, 9.17) is 26.3 Å². The lowest BCUT2D eigenvalue weighted by atomic mass is 9.99. The first-order valence-electron chi connectivity index (χ1n) is 18.8. The highest BCUT2D eigenvalue weighted by Crippen LogP contribution is 2.39. The third-order valence-corrected chi connectivity index (χ3v) is 12.0. The Hall–Kier alpha value is -5.44. The molecule has 0 unspecified atom stereocenters. The molecule has 0 bridgehead atoms. The molecule has 3 aliphatic rings. The fourth-order valence-corrected chi connectivity index (χ4v) is 8.74. The van der Waals surface area contributed by atoms with E-state index in [0.29, 0.717) is 50.0 Å². The summed E-state index contributed by atoms with van der Waals surface area (Å²) in [5, 5.41) is 16.3. The molecular formula is C41H42ClN9O4S. The summed E-state index contributed by atoms with van der Waals surface area (Å²) in [6, 6.07) is 17.1. The van der Waals surface area contributed by atoms with Gasteiger partial charge in [-0.1, -0.05) is 29.8 Å². The van der Waals surface area contributed by atoms with Crippen LogP contribution in [0, 0.1) is 20.8 Å². The monoisotopic (exact) mass is 791 g/mol. The van der Waals surface area contributed by atoms with Crippen LogP contribution in [0.15, 0.2) is 65.8 Å². The van der Waals surface area contributed by atoms with Gasteiger partial charge in [0.2, 0.25) is 17.7 Å². The van der Waals surface area contributed by atoms with Crippen LogP contribution in [-0.2, 0) is 25.5 Å². The number of pyridine rings is 1. The van der Waals surface area contributed by atoms with Gasteiger partial charge < -0.3 is 25.2 Å². The number of aliphatic imine (C=N–C) groups is 1. The zero-order valence-corrected chi connectivity index (χ0v) is 33.0. The van der Waals surface area contributed by atoms with E-state index < -0.39 is 6.04 Å². The van der Waals surface area contributed by atoms with Gasteiger partial charge in [0.15, 0.2) is 5.82 Å². The predicted molar refractivity (Wildman–Crippen MR) is 217 cm³/mol. The van der Waals surface area contributed by atoms with E-state index in [9.17, 15) is 14.4 Å². The number of ether oxygens (including phenoxy) is 1. The van der Waals surface area contributed by atoms with Crippen LogP contribution in [-0.4, -0.2) is 94.0 Å². The molecule has 1 atom stereocenters.